The van der Waals surface area contributed by atoms with Crippen LogP contribution in [0.15, 0.2) is 17.5 Å². The van der Waals surface area contributed by atoms with Crippen molar-refractivity contribution in [3.63, 3.8) is 0 Å². The molecule has 0 radical (unpaired) electrons. The predicted octanol–water partition coefficient (Wildman–Crippen LogP) is 3.45. The molecule has 0 aliphatic carbocycles. The molecule has 2 aromatic heterocycles. The summed E-state index contributed by atoms with van der Waals surface area (Å²) < 4.78 is 0. The van der Waals surface area contributed by atoms with Crippen LogP contribution in [0.25, 0.3) is 9.88 Å². The number of aryl methyl sites for hydroxylation is 1. The van der Waals surface area contributed by atoms with E-state index in [1.54, 1.807) is 11.3 Å². The van der Waals surface area contributed by atoms with Crippen molar-refractivity contribution in [2.45, 2.75) is 26.2 Å². The Bertz CT molecular complexity index is 503. The summed E-state index contributed by atoms with van der Waals surface area (Å²) in [5.41, 5.74) is 0.948. The van der Waals surface area contributed by atoms with E-state index in [1.807, 2.05) is 17.5 Å². The lowest BCUT2D eigenvalue weighted by Crippen LogP contribution is -2.01. The fourth-order valence-corrected chi connectivity index (χ4v) is 3.49. The third-order valence-electron chi connectivity index (χ3n) is 2.31. The molecule has 3 nitrogen and oxygen atoms in total. The lowest BCUT2D eigenvalue weighted by atomic mass is 10.2. The average molecular weight is 267 g/mol. The second kappa shape index (κ2) is 5.42. The molecule has 0 amide bonds. The van der Waals surface area contributed by atoms with Gasteiger partial charge in [-0.3, -0.25) is 4.79 Å². The molecule has 5 heteroatoms. The van der Waals surface area contributed by atoms with E-state index in [-0.39, 0.29) is 6.42 Å². The minimum atomic E-state index is -0.788. The fourth-order valence-electron chi connectivity index (χ4n) is 1.60. The lowest BCUT2D eigenvalue weighted by Gasteiger charge is -1.95. The first-order valence-electron chi connectivity index (χ1n) is 5.45. The molecule has 0 saturated carbocycles. The van der Waals surface area contributed by atoms with E-state index in [4.69, 9.17) is 5.11 Å². The van der Waals surface area contributed by atoms with E-state index in [0.29, 0.717) is 0 Å². The smallest absolute Gasteiger partial charge is 0.308 e. The summed E-state index contributed by atoms with van der Waals surface area (Å²) in [6.45, 7) is 2.08. The molecular formula is C12H13NO2S2. The molecule has 17 heavy (non-hydrogen) atoms. The first kappa shape index (κ1) is 12.3. The number of aliphatic carboxylic acids is 1. The van der Waals surface area contributed by atoms with E-state index >= 15 is 0 Å². The van der Waals surface area contributed by atoms with Crippen molar-refractivity contribution in [1.82, 2.24) is 4.98 Å². The molecule has 2 aromatic rings. The Kier molecular flexibility index (Phi) is 3.91. The van der Waals surface area contributed by atoms with Crippen LogP contribution >= 0.6 is 22.7 Å². The maximum absolute atomic E-state index is 10.8. The number of hydrogen-bond acceptors (Lipinski definition) is 4. The van der Waals surface area contributed by atoms with Gasteiger partial charge in [0.2, 0.25) is 0 Å². The van der Waals surface area contributed by atoms with Gasteiger partial charge < -0.3 is 5.11 Å². The van der Waals surface area contributed by atoms with Crippen molar-refractivity contribution >= 4 is 28.6 Å². The number of carboxylic acid groups (broad SMARTS) is 1. The minimum absolute atomic E-state index is 0.0817. The van der Waals surface area contributed by atoms with E-state index in [1.165, 1.54) is 11.3 Å². The van der Waals surface area contributed by atoms with Crippen molar-refractivity contribution in [2.24, 2.45) is 0 Å². The summed E-state index contributed by atoms with van der Waals surface area (Å²) >= 11 is 3.14. The van der Waals surface area contributed by atoms with Crippen LogP contribution < -0.4 is 0 Å². The fraction of sp³-hybridized carbons (Fsp3) is 0.333. The predicted molar refractivity (Wildman–Crippen MR) is 70.8 cm³/mol. The van der Waals surface area contributed by atoms with E-state index in [9.17, 15) is 4.79 Å². The highest BCUT2D eigenvalue weighted by molar-refractivity contribution is 7.21. The van der Waals surface area contributed by atoms with Crippen LogP contribution in [0.4, 0.5) is 0 Å². The third kappa shape index (κ3) is 2.92. The van der Waals surface area contributed by atoms with Crippen LogP contribution in [-0.2, 0) is 17.6 Å². The van der Waals surface area contributed by atoms with E-state index in [2.05, 4.69) is 11.9 Å². The van der Waals surface area contributed by atoms with Crippen molar-refractivity contribution in [3.8, 4) is 9.88 Å². The Morgan fingerprint density at radius 2 is 2.35 bits per heavy atom. The second-order valence-corrected chi connectivity index (χ2v) is 5.72. The zero-order chi connectivity index (χ0) is 12.3. The summed E-state index contributed by atoms with van der Waals surface area (Å²) in [5.74, 6) is -0.788. The number of thiazole rings is 1. The van der Waals surface area contributed by atoms with Crippen LogP contribution in [0, 0.1) is 0 Å². The highest BCUT2D eigenvalue weighted by atomic mass is 32.1. The van der Waals surface area contributed by atoms with Gasteiger partial charge in [0.25, 0.3) is 0 Å². The number of rotatable bonds is 5. The molecule has 0 spiro atoms. The maximum atomic E-state index is 10.8. The van der Waals surface area contributed by atoms with Gasteiger partial charge in [-0.05, 0) is 17.9 Å². The lowest BCUT2D eigenvalue weighted by molar-refractivity contribution is -0.136. The first-order chi connectivity index (χ1) is 8.20. The van der Waals surface area contributed by atoms with E-state index in [0.717, 1.165) is 33.3 Å². The zero-order valence-corrected chi connectivity index (χ0v) is 11.1. The Labute approximate surface area is 108 Å². The van der Waals surface area contributed by atoms with Crippen LogP contribution in [0.1, 0.15) is 23.9 Å². The largest absolute Gasteiger partial charge is 0.481 e. The van der Waals surface area contributed by atoms with Crippen molar-refractivity contribution in [2.75, 3.05) is 0 Å². The monoisotopic (exact) mass is 267 g/mol. The van der Waals surface area contributed by atoms with Gasteiger partial charge in [-0.15, -0.1) is 22.7 Å². The van der Waals surface area contributed by atoms with Crippen molar-refractivity contribution in [3.05, 3.63) is 28.1 Å². The number of aromatic nitrogens is 1. The summed E-state index contributed by atoms with van der Waals surface area (Å²) in [4.78, 5) is 17.4. The molecule has 2 heterocycles. The summed E-state index contributed by atoms with van der Waals surface area (Å²) in [6.07, 6.45) is 1.92. The van der Waals surface area contributed by atoms with Gasteiger partial charge >= 0.3 is 5.97 Å². The topological polar surface area (TPSA) is 50.2 Å². The summed E-state index contributed by atoms with van der Waals surface area (Å²) in [5, 5.41) is 11.8. The molecule has 0 fully saturated rings. The van der Waals surface area contributed by atoms with Gasteiger partial charge in [-0.1, -0.05) is 19.4 Å². The normalized spacial score (nSPS) is 10.6. The maximum Gasteiger partial charge on any atom is 0.308 e. The minimum Gasteiger partial charge on any atom is -0.481 e. The highest BCUT2D eigenvalue weighted by Gasteiger charge is 2.14. The van der Waals surface area contributed by atoms with Gasteiger partial charge in [-0.25, -0.2) is 4.98 Å². The van der Waals surface area contributed by atoms with Gasteiger partial charge in [0.1, 0.15) is 5.01 Å². The van der Waals surface area contributed by atoms with Crippen LogP contribution in [-0.4, -0.2) is 16.1 Å². The second-order valence-electron chi connectivity index (χ2n) is 3.69. The summed E-state index contributed by atoms with van der Waals surface area (Å²) in [6, 6.07) is 4.00. The third-order valence-corrected chi connectivity index (χ3v) is 4.45. The number of thiophene rings is 1. The Morgan fingerprint density at radius 1 is 1.53 bits per heavy atom. The molecule has 0 saturated heterocycles. The number of carboxylic acids is 1. The number of hydrogen-bond donors (Lipinski definition) is 1. The molecule has 90 valence electrons. The SMILES string of the molecule is CCCc1nc(-c2cccs2)sc1CC(=O)O. The Balaban J connectivity index is 2.33. The van der Waals surface area contributed by atoms with Gasteiger partial charge in [0, 0.05) is 4.88 Å². The molecule has 1 N–H and O–H groups in total. The Hall–Kier alpha value is -1.20. The molecule has 0 aliphatic heterocycles. The average Bonchev–Trinajstić information content (AvgIpc) is 2.87. The molecule has 0 aromatic carbocycles. The van der Waals surface area contributed by atoms with Gasteiger partial charge in [0.05, 0.1) is 17.0 Å². The molecular weight excluding hydrogens is 254 g/mol. The Morgan fingerprint density at radius 3 is 2.94 bits per heavy atom. The van der Waals surface area contributed by atoms with Gasteiger partial charge in [-0.2, -0.15) is 0 Å². The first-order valence-corrected chi connectivity index (χ1v) is 7.14. The van der Waals surface area contributed by atoms with Crippen LogP contribution in [0.2, 0.25) is 0 Å². The van der Waals surface area contributed by atoms with E-state index < -0.39 is 5.97 Å². The zero-order valence-electron chi connectivity index (χ0n) is 9.47. The number of carbonyl (C=O) groups is 1. The number of nitrogens with zero attached hydrogens (tertiary/aromatic N) is 1. The summed E-state index contributed by atoms with van der Waals surface area (Å²) in [7, 11) is 0. The van der Waals surface area contributed by atoms with Gasteiger partial charge in [0.15, 0.2) is 0 Å². The molecule has 2 rings (SSSR count). The molecule has 0 bridgehead atoms. The molecule has 0 unspecified atom stereocenters. The standard InChI is InChI=1S/C12H13NO2S2/c1-2-4-8-10(7-11(14)15)17-12(13-8)9-5-3-6-16-9/h3,5-6H,2,4,7H2,1H3,(H,14,15). The quantitative estimate of drug-likeness (QED) is 0.902. The molecule has 0 atom stereocenters. The van der Waals surface area contributed by atoms with Crippen molar-refractivity contribution in [1.29, 1.82) is 0 Å². The highest BCUT2D eigenvalue weighted by Crippen LogP contribution is 2.32. The van der Waals surface area contributed by atoms with Crippen LogP contribution in [0.3, 0.4) is 0 Å². The van der Waals surface area contributed by atoms with Crippen molar-refractivity contribution < 1.29 is 9.90 Å². The van der Waals surface area contributed by atoms with Crippen LogP contribution in [0.5, 0.6) is 0 Å². The molecule has 0 aliphatic rings.